The molecule has 28 heavy (non-hydrogen) atoms. The number of carbonyl (C=O) groups excluding carboxylic acids is 1. The maximum Gasteiger partial charge on any atom is 0.261 e. The van der Waals surface area contributed by atoms with E-state index in [9.17, 15) is 4.79 Å². The number of hydrogen-bond donors (Lipinski definition) is 1. The Morgan fingerprint density at radius 2 is 1.68 bits per heavy atom. The SMILES string of the molecule is C[C@H](NC(=O)[C@@H](C)Oc1cccc2ccccc12)c1ccc2c(c1)CCCC2. The van der Waals surface area contributed by atoms with Crippen LogP contribution in [-0.2, 0) is 17.6 Å². The zero-order valence-electron chi connectivity index (χ0n) is 16.6. The fourth-order valence-corrected chi connectivity index (χ4v) is 3.98. The summed E-state index contributed by atoms with van der Waals surface area (Å²) in [6.07, 6.45) is 4.29. The molecule has 0 bridgehead atoms. The van der Waals surface area contributed by atoms with Crippen molar-refractivity contribution >= 4 is 16.7 Å². The van der Waals surface area contributed by atoms with E-state index < -0.39 is 6.10 Å². The average molecular weight is 373 g/mol. The minimum Gasteiger partial charge on any atom is -0.480 e. The van der Waals surface area contributed by atoms with Crippen LogP contribution in [0.5, 0.6) is 5.75 Å². The van der Waals surface area contributed by atoms with Crippen LogP contribution in [0.2, 0.25) is 0 Å². The van der Waals surface area contributed by atoms with Gasteiger partial charge in [0.25, 0.3) is 5.91 Å². The van der Waals surface area contributed by atoms with E-state index in [0.717, 1.165) is 28.5 Å². The minimum absolute atomic E-state index is 0.0432. The zero-order chi connectivity index (χ0) is 19.5. The molecule has 3 aromatic rings. The van der Waals surface area contributed by atoms with E-state index in [-0.39, 0.29) is 11.9 Å². The topological polar surface area (TPSA) is 38.3 Å². The molecule has 0 aromatic heterocycles. The molecule has 0 aliphatic heterocycles. The Labute approximate surface area is 166 Å². The highest BCUT2D eigenvalue weighted by Crippen LogP contribution is 2.27. The van der Waals surface area contributed by atoms with E-state index in [1.54, 1.807) is 6.92 Å². The van der Waals surface area contributed by atoms with Crippen molar-refractivity contribution in [3.05, 3.63) is 77.4 Å². The molecule has 0 saturated carbocycles. The van der Waals surface area contributed by atoms with Gasteiger partial charge in [0.15, 0.2) is 6.10 Å². The summed E-state index contributed by atoms with van der Waals surface area (Å²) in [4.78, 5) is 12.7. The number of fused-ring (bicyclic) bond motifs is 2. The first kappa shape index (κ1) is 18.5. The molecule has 0 heterocycles. The summed E-state index contributed by atoms with van der Waals surface area (Å²) in [6, 6.07) is 20.6. The highest BCUT2D eigenvalue weighted by atomic mass is 16.5. The van der Waals surface area contributed by atoms with Gasteiger partial charge in [0.1, 0.15) is 5.75 Å². The Kier molecular flexibility index (Phi) is 5.34. The van der Waals surface area contributed by atoms with Crippen molar-refractivity contribution in [3.8, 4) is 5.75 Å². The van der Waals surface area contributed by atoms with Crippen LogP contribution in [0.3, 0.4) is 0 Å². The van der Waals surface area contributed by atoms with Gasteiger partial charge in [0.05, 0.1) is 6.04 Å². The van der Waals surface area contributed by atoms with Gasteiger partial charge in [-0.1, -0.05) is 54.6 Å². The lowest BCUT2D eigenvalue weighted by molar-refractivity contribution is -0.127. The second-order valence-electron chi connectivity index (χ2n) is 7.70. The minimum atomic E-state index is -0.564. The molecule has 0 unspecified atom stereocenters. The van der Waals surface area contributed by atoms with Gasteiger partial charge >= 0.3 is 0 Å². The lowest BCUT2D eigenvalue weighted by Gasteiger charge is -2.22. The number of nitrogens with one attached hydrogen (secondary N) is 1. The number of carbonyl (C=O) groups is 1. The number of hydrogen-bond acceptors (Lipinski definition) is 2. The van der Waals surface area contributed by atoms with Crippen molar-refractivity contribution < 1.29 is 9.53 Å². The third-order valence-electron chi connectivity index (χ3n) is 5.65. The van der Waals surface area contributed by atoms with Crippen LogP contribution in [0.15, 0.2) is 60.7 Å². The predicted octanol–water partition coefficient (Wildman–Crippen LogP) is 5.36. The molecule has 4 rings (SSSR count). The van der Waals surface area contributed by atoms with Crippen LogP contribution in [0, 0.1) is 0 Å². The van der Waals surface area contributed by atoms with Gasteiger partial charge in [-0.3, -0.25) is 4.79 Å². The molecule has 3 heteroatoms. The number of rotatable bonds is 5. The lowest BCUT2D eigenvalue weighted by atomic mass is 9.89. The van der Waals surface area contributed by atoms with Crippen LogP contribution < -0.4 is 10.1 Å². The van der Waals surface area contributed by atoms with Gasteiger partial charge < -0.3 is 10.1 Å². The first-order chi connectivity index (χ1) is 13.6. The Morgan fingerprint density at radius 1 is 0.929 bits per heavy atom. The smallest absolute Gasteiger partial charge is 0.261 e. The fourth-order valence-electron chi connectivity index (χ4n) is 3.98. The molecule has 0 saturated heterocycles. The quantitative estimate of drug-likeness (QED) is 0.653. The Hall–Kier alpha value is -2.81. The van der Waals surface area contributed by atoms with Crippen molar-refractivity contribution in [3.63, 3.8) is 0 Å². The summed E-state index contributed by atoms with van der Waals surface area (Å²) < 4.78 is 6.00. The number of amides is 1. The van der Waals surface area contributed by atoms with Gasteiger partial charge in [-0.2, -0.15) is 0 Å². The first-order valence-electron chi connectivity index (χ1n) is 10.2. The van der Waals surface area contributed by atoms with E-state index in [4.69, 9.17) is 4.74 Å². The Morgan fingerprint density at radius 3 is 2.54 bits per heavy atom. The molecule has 1 aliphatic rings. The van der Waals surface area contributed by atoms with Crippen LogP contribution >= 0.6 is 0 Å². The molecule has 3 aromatic carbocycles. The maximum absolute atomic E-state index is 12.7. The van der Waals surface area contributed by atoms with Gasteiger partial charge in [-0.15, -0.1) is 0 Å². The maximum atomic E-state index is 12.7. The molecular weight excluding hydrogens is 346 g/mol. The number of aryl methyl sites for hydroxylation is 2. The normalized spacial score (nSPS) is 15.5. The lowest BCUT2D eigenvalue weighted by Crippen LogP contribution is -2.37. The van der Waals surface area contributed by atoms with Crippen molar-refractivity contribution in [2.24, 2.45) is 0 Å². The van der Waals surface area contributed by atoms with Crippen molar-refractivity contribution in [1.29, 1.82) is 0 Å². The van der Waals surface area contributed by atoms with Gasteiger partial charge in [-0.25, -0.2) is 0 Å². The second kappa shape index (κ2) is 8.05. The van der Waals surface area contributed by atoms with Crippen molar-refractivity contribution in [2.75, 3.05) is 0 Å². The molecule has 1 N–H and O–H groups in total. The summed E-state index contributed by atoms with van der Waals surface area (Å²) in [6.45, 7) is 3.84. The summed E-state index contributed by atoms with van der Waals surface area (Å²) in [7, 11) is 0. The largest absolute Gasteiger partial charge is 0.480 e. The molecular formula is C25H27NO2. The van der Waals surface area contributed by atoms with Crippen LogP contribution in [0.4, 0.5) is 0 Å². The number of ether oxygens (including phenoxy) is 1. The molecule has 144 valence electrons. The summed E-state index contributed by atoms with van der Waals surface area (Å²) in [5.74, 6) is 0.639. The molecule has 0 spiro atoms. The summed E-state index contributed by atoms with van der Waals surface area (Å²) in [5.41, 5.74) is 4.05. The Balaban J connectivity index is 1.44. The predicted molar refractivity (Wildman–Crippen MR) is 114 cm³/mol. The second-order valence-corrected chi connectivity index (χ2v) is 7.70. The Bertz CT molecular complexity index is 990. The van der Waals surface area contributed by atoms with Gasteiger partial charge in [0, 0.05) is 5.39 Å². The fraction of sp³-hybridized carbons (Fsp3) is 0.320. The van der Waals surface area contributed by atoms with E-state index in [0.29, 0.717) is 0 Å². The highest BCUT2D eigenvalue weighted by Gasteiger charge is 2.19. The van der Waals surface area contributed by atoms with Crippen LogP contribution in [-0.4, -0.2) is 12.0 Å². The molecule has 0 fully saturated rings. The van der Waals surface area contributed by atoms with Crippen molar-refractivity contribution in [2.45, 2.75) is 51.7 Å². The van der Waals surface area contributed by atoms with E-state index in [1.807, 2.05) is 49.4 Å². The molecule has 3 nitrogen and oxygen atoms in total. The molecule has 1 amide bonds. The van der Waals surface area contributed by atoms with Gasteiger partial charge in [0.2, 0.25) is 0 Å². The van der Waals surface area contributed by atoms with Crippen LogP contribution in [0.1, 0.15) is 49.4 Å². The monoisotopic (exact) mass is 373 g/mol. The highest BCUT2D eigenvalue weighted by molar-refractivity contribution is 5.89. The van der Waals surface area contributed by atoms with Crippen molar-refractivity contribution in [1.82, 2.24) is 5.32 Å². The zero-order valence-corrected chi connectivity index (χ0v) is 16.6. The molecule has 0 radical (unpaired) electrons. The average Bonchev–Trinajstić information content (AvgIpc) is 2.73. The first-order valence-corrected chi connectivity index (χ1v) is 10.2. The summed E-state index contributed by atoms with van der Waals surface area (Å²) >= 11 is 0. The van der Waals surface area contributed by atoms with E-state index in [2.05, 4.69) is 23.5 Å². The molecule has 2 atom stereocenters. The third kappa shape index (κ3) is 3.89. The van der Waals surface area contributed by atoms with Crippen LogP contribution in [0.25, 0.3) is 10.8 Å². The number of benzene rings is 3. The third-order valence-corrected chi connectivity index (χ3v) is 5.65. The molecule has 1 aliphatic carbocycles. The van der Waals surface area contributed by atoms with E-state index >= 15 is 0 Å². The standard InChI is InChI=1S/C25H27NO2/c1-17(21-15-14-19-8-3-4-10-22(19)16-21)26-25(27)18(2)28-24-13-7-11-20-9-5-6-12-23(20)24/h5-7,9,11-18H,3-4,8,10H2,1-2H3,(H,26,27)/t17-,18+/m0/s1. The van der Waals surface area contributed by atoms with Gasteiger partial charge in [-0.05, 0) is 67.7 Å². The van der Waals surface area contributed by atoms with E-state index in [1.165, 1.54) is 30.4 Å². The summed E-state index contributed by atoms with van der Waals surface area (Å²) in [5, 5.41) is 5.23.